The molecule has 0 atom stereocenters. The number of aromatic nitrogens is 8. The zero-order valence-electron chi connectivity index (χ0n) is 10.9. The highest BCUT2D eigenvalue weighted by molar-refractivity contribution is 5.81. The van der Waals surface area contributed by atoms with E-state index < -0.39 is 11.2 Å². The van der Waals surface area contributed by atoms with E-state index in [-0.39, 0.29) is 17.1 Å². The summed E-state index contributed by atoms with van der Waals surface area (Å²) in [6.45, 7) is 0. The Kier molecular flexibility index (Phi) is 3.02. The molecule has 8 N–H and O–H groups in total. The van der Waals surface area contributed by atoms with E-state index in [2.05, 4.69) is 39.9 Å². The third-order valence-corrected chi connectivity index (χ3v) is 2.65. The molecule has 0 spiro atoms. The molecule has 0 amide bonds. The van der Waals surface area contributed by atoms with E-state index in [9.17, 15) is 9.59 Å². The number of imidazole rings is 2. The number of hydrogen-bond acceptors (Lipinski definition) is 8. The third kappa shape index (κ3) is 2.35. The van der Waals surface area contributed by atoms with Crippen LogP contribution in [0.25, 0.3) is 22.3 Å². The molecule has 12 heteroatoms. The van der Waals surface area contributed by atoms with Gasteiger partial charge in [0.05, 0.1) is 12.7 Å². The molecule has 0 fully saturated rings. The Morgan fingerprint density at radius 1 is 0.909 bits per heavy atom. The standard InChI is InChI=1S/C5H6N6.C5H4N4O2/c6-3-2-4(9-1-8-2)11-5(7)10-3;10-4-2-3(7-1-6-2)8-5(11)9-4/h1H,(H5,6,7,8,9,10,11);1H,(H3,6,7,8,9,10,11). The summed E-state index contributed by atoms with van der Waals surface area (Å²) in [5.41, 5.74) is 11.5. The highest BCUT2D eigenvalue weighted by atomic mass is 16.2. The Balaban J connectivity index is 0.000000131. The molecular formula is C10H10N10O2. The van der Waals surface area contributed by atoms with Crippen LogP contribution in [0.5, 0.6) is 0 Å². The Morgan fingerprint density at radius 2 is 1.68 bits per heavy atom. The lowest BCUT2D eigenvalue weighted by molar-refractivity contribution is 1.07. The maximum atomic E-state index is 10.9. The molecule has 4 aromatic heterocycles. The van der Waals surface area contributed by atoms with Gasteiger partial charge in [-0.3, -0.25) is 14.8 Å². The molecule has 4 rings (SSSR count). The number of nitrogens with two attached hydrogens (primary N) is 2. The highest BCUT2D eigenvalue weighted by Gasteiger charge is 2.03. The second-order valence-electron chi connectivity index (χ2n) is 4.10. The largest absolute Gasteiger partial charge is 0.382 e. The van der Waals surface area contributed by atoms with E-state index in [1.165, 1.54) is 12.7 Å². The molecule has 0 saturated heterocycles. The number of nitrogen functional groups attached to an aromatic ring is 2. The van der Waals surface area contributed by atoms with Gasteiger partial charge in [0.1, 0.15) is 11.0 Å². The fraction of sp³-hybridized carbons (Fsp3) is 0. The van der Waals surface area contributed by atoms with Gasteiger partial charge in [-0.25, -0.2) is 14.8 Å². The van der Waals surface area contributed by atoms with Crippen LogP contribution in [-0.4, -0.2) is 39.9 Å². The van der Waals surface area contributed by atoms with Crippen molar-refractivity contribution in [3.05, 3.63) is 33.5 Å². The van der Waals surface area contributed by atoms with Crippen molar-refractivity contribution in [1.29, 1.82) is 0 Å². The molecule has 4 heterocycles. The van der Waals surface area contributed by atoms with Crippen LogP contribution in [0.4, 0.5) is 11.8 Å². The van der Waals surface area contributed by atoms with Crippen molar-refractivity contribution in [3.63, 3.8) is 0 Å². The van der Waals surface area contributed by atoms with Gasteiger partial charge >= 0.3 is 5.69 Å². The van der Waals surface area contributed by atoms with Crippen LogP contribution in [0.15, 0.2) is 22.2 Å². The van der Waals surface area contributed by atoms with Crippen molar-refractivity contribution in [2.24, 2.45) is 0 Å². The first-order valence-corrected chi connectivity index (χ1v) is 5.92. The average Bonchev–Trinajstić information content (AvgIpc) is 3.07. The number of nitrogens with one attached hydrogen (secondary N) is 4. The number of fused-ring (bicyclic) bond motifs is 2. The molecule has 0 unspecified atom stereocenters. The molecule has 22 heavy (non-hydrogen) atoms. The van der Waals surface area contributed by atoms with Crippen LogP contribution in [0.2, 0.25) is 0 Å². The zero-order valence-corrected chi connectivity index (χ0v) is 10.9. The lowest BCUT2D eigenvalue weighted by atomic mass is 10.5. The highest BCUT2D eigenvalue weighted by Crippen LogP contribution is 2.12. The second-order valence-corrected chi connectivity index (χ2v) is 4.10. The van der Waals surface area contributed by atoms with E-state index in [0.29, 0.717) is 17.0 Å². The summed E-state index contributed by atoms with van der Waals surface area (Å²) in [5, 5.41) is 0. The van der Waals surface area contributed by atoms with Gasteiger partial charge < -0.3 is 21.4 Å². The molecule has 0 aliphatic rings. The summed E-state index contributed by atoms with van der Waals surface area (Å²) in [6.07, 6.45) is 2.84. The van der Waals surface area contributed by atoms with Gasteiger partial charge in [0.2, 0.25) is 5.95 Å². The fourth-order valence-electron chi connectivity index (χ4n) is 1.74. The number of H-pyrrole nitrogens is 4. The van der Waals surface area contributed by atoms with Crippen LogP contribution >= 0.6 is 0 Å². The van der Waals surface area contributed by atoms with Crippen LogP contribution in [0.3, 0.4) is 0 Å². The molecule has 12 nitrogen and oxygen atoms in total. The number of anilines is 2. The molecule has 0 aliphatic carbocycles. The molecule has 0 bridgehead atoms. The molecule has 0 aliphatic heterocycles. The van der Waals surface area contributed by atoms with Gasteiger partial charge in [-0.1, -0.05) is 0 Å². The van der Waals surface area contributed by atoms with E-state index in [1.54, 1.807) is 0 Å². The van der Waals surface area contributed by atoms with Gasteiger partial charge in [-0.05, 0) is 0 Å². The minimum absolute atomic E-state index is 0.152. The van der Waals surface area contributed by atoms with E-state index in [1.807, 2.05) is 0 Å². The van der Waals surface area contributed by atoms with Gasteiger partial charge in [-0.2, -0.15) is 9.97 Å². The molecule has 0 saturated carbocycles. The molecule has 4 aromatic rings. The van der Waals surface area contributed by atoms with Crippen LogP contribution in [0, 0.1) is 0 Å². The van der Waals surface area contributed by atoms with Crippen molar-refractivity contribution >= 4 is 34.1 Å². The summed E-state index contributed by atoms with van der Waals surface area (Å²) in [5.74, 6) is 0.452. The van der Waals surface area contributed by atoms with Gasteiger partial charge in [0.25, 0.3) is 5.56 Å². The molecule has 0 radical (unpaired) electrons. The maximum absolute atomic E-state index is 10.9. The predicted molar refractivity (Wildman–Crippen MR) is 77.8 cm³/mol. The van der Waals surface area contributed by atoms with E-state index >= 15 is 0 Å². The van der Waals surface area contributed by atoms with Crippen molar-refractivity contribution in [2.45, 2.75) is 0 Å². The summed E-state index contributed by atoms with van der Waals surface area (Å²) in [6, 6.07) is 0. The summed E-state index contributed by atoms with van der Waals surface area (Å²) in [4.78, 5) is 46.5. The first-order valence-electron chi connectivity index (χ1n) is 5.92. The van der Waals surface area contributed by atoms with Crippen molar-refractivity contribution in [3.8, 4) is 0 Å². The second kappa shape index (κ2) is 5.01. The van der Waals surface area contributed by atoms with Crippen molar-refractivity contribution in [1.82, 2.24) is 39.9 Å². The van der Waals surface area contributed by atoms with Gasteiger partial charge in [0.15, 0.2) is 17.1 Å². The minimum atomic E-state index is -0.547. The van der Waals surface area contributed by atoms with Gasteiger partial charge in [0, 0.05) is 0 Å². The van der Waals surface area contributed by atoms with Crippen molar-refractivity contribution < 1.29 is 0 Å². The summed E-state index contributed by atoms with van der Waals surface area (Å²) < 4.78 is 0. The monoisotopic (exact) mass is 302 g/mol. The minimum Gasteiger partial charge on any atom is -0.382 e. The Morgan fingerprint density at radius 3 is 2.50 bits per heavy atom. The predicted octanol–water partition coefficient (Wildman–Crippen LogP) is -1.54. The van der Waals surface area contributed by atoms with Crippen LogP contribution in [0.1, 0.15) is 0 Å². The number of hydrogen-bond donors (Lipinski definition) is 6. The topological polar surface area (TPSA) is 201 Å². The first-order chi connectivity index (χ1) is 10.5. The Labute approximate surface area is 120 Å². The zero-order chi connectivity index (χ0) is 15.7. The lowest BCUT2D eigenvalue weighted by Crippen LogP contribution is -2.21. The maximum Gasteiger partial charge on any atom is 0.327 e. The molecule has 112 valence electrons. The third-order valence-electron chi connectivity index (χ3n) is 2.65. The number of nitrogens with zero attached hydrogens (tertiary/aromatic N) is 4. The fourth-order valence-corrected chi connectivity index (χ4v) is 1.74. The van der Waals surface area contributed by atoms with E-state index in [0.717, 1.165) is 0 Å². The normalized spacial score (nSPS) is 10.5. The average molecular weight is 302 g/mol. The van der Waals surface area contributed by atoms with Crippen molar-refractivity contribution in [2.75, 3.05) is 11.5 Å². The Bertz CT molecular complexity index is 1050. The first kappa shape index (κ1) is 13.3. The van der Waals surface area contributed by atoms with Crippen LogP contribution in [-0.2, 0) is 0 Å². The number of aromatic amines is 4. The molecule has 0 aromatic carbocycles. The van der Waals surface area contributed by atoms with Gasteiger partial charge in [-0.15, -0.1) is 0 Å². The SMILES string of the molecule is Nc1nc(N)c2nc[nH]c2n1.O=c1[nH]c(=O)c2[nH]cnc2[nH]1. The summed E-state index contributed by atoms with van der Waals surface area (Å²) >= 11 is 0. The lowest BCUT2D eigenvalue weighted by Gasteiger charge is -1.93. The smallest absolute Gasteiger partial charge is 0.327 e. The van der Waals surface area contributed by atoms with Crippen LogP contribution < -0.4 is 22.7 Å². The number of rotatable bonds is 0. The molecular weight excluding hydrogens is 292 g/mol. The summed E-state index contributed by atoms with van der Waals surface area (Å²) in [7, 11) is 0. The van der Waals surface area contributed by atoms with E-state index in [4.69, 9.17) is 11.5 Å². The quantitative estimate of drug-likeness (QED) is 0.224. The Hall–Kier alpha value is -3.70.